The molecule has 0 saturated heterocycles. The molecule has 2 heterocycles. The van der Waals surface area contributed by atoms with Crippen LogP contribution in [0.25, 0.3) is 0 Å². The molecular weight excluding hydrogens is 370 g/mol. The zero-order valence-electron chi connectivity index (χ0n) is 13.2. The number of sulfonamides is 1. The number of nitrogens with zero attached hydrogens (tertiary/aromatic N) is 2. The number of hydrogen-bond donors (Lipinski definition) is 3. The first-order chi connectivity index (χ1) is 11.5. The van der Waals surface area contributed by atoms with Crippen LogP contribution in [-0.2, 0) is 16.6 Å². The molecule has 132 valence electrons. The number of halogens is 1. The van der Waals surface area contributed by atoms with Crippen LogP contribution in [0.3, 0.4) is 0 Å². The van der Waals surface area contributed by atoms with E-state index in [2.05, 4.69) is 24.9 Å². The van der Waals surface area contributed by atoms with Gasteiger partial charge in [0.2, 0.25) is 10.0 Å². The minimum Gasteiger partial charge on any atom is -0.355 e. The first kappa shape index (κ1) is 18.8. The summed E-state index contributed by atoms with van der Waals surface area (Å²) in [5.74, 6) is 0.625. The number of guanidine groups is 1. The lowest BCUT2D eigenvalue weighted by atomic mass is 10.6. The Labute approximate surface area is 150 Å². The second kappa shape index (κ2) is 9.07. The van der Waals surface area contributed by atoms with Crippen molar-refractivity contribution in [2.45, 2.75) is 10.8 Å². The molecule has 0 atom stereocenters. The number of hydrogen-bond acceptors (Lipinski definition) is 4. The van der Waals surface area contributed by atoms with Crippen LogP contribution in [0.2, 0.25) is 4.34 Å². The lowest BCUT2D eigenvalue weighted by molar-refractivity contribution is 0.582. The van der Waals surface area contributed by atoms with Gasteiger partial charge in [0.25, 0.3) is 0 Å². The third kappa shape index (κ3) is 5.82. The van der Waals surface area contributed by atoms with Crippen molar-refractivity contribution < 1.29 is 8.42 Å². The normalized spacial score (nSPS) is 12.3. The van der Waals surface area contributed by atoms with Gasteiger partial charge < -0.3 is 15.2 Å². The van der Waals surface area contributed by atoms with Crippen molar-refractivity contribution in [3.63, 3.8) is 0 Å². The van der Waals surface area contributed by atoms with Crippen LogP contribution in [-0.4, -0.2) is 45.6 Å². The lowest BCUT2D eigenvalue weighted by Crippen LogP contribution is -2.42. The molecule has 0 aliphatic rings. The molecule has 0 aliphatic heterocycles. The summed E-state index contributed by atoms with van der Waals surface area (Å²) in [6, 6.07) is 7.00. The molecule has 0 fully saturated rings. The van der Waals surface area contributed by atoms with Crippen LogP contribution in [0.15, 0.2) is 45.9 Å². The molecule has 0 radical (unpaired) electrons. The molecule has 7 nitrogen and oxygen atoms in total. The summed E-state index contributed by atoms with van der Waals surface area (Å²) in [4.78, 5) is 4.09. The molecule has 2 aromatic rings. The molecule has 0 aliphatic carbocycles. The van der Waals surface area contributed by atoms with E-state index in [1.165, 1.54) is 6.07 Å². The van der Waals surface area contributed by atoms with Gasteiger partial charge in [0, 0.05) is 45.6 Å². The average molecular weight is 390 g/mol. The van der Waals surface area contributed by atoms with E-state index >= 15 is 0 Å². The second-order valence-corrected chi connectivity index (χ2v) is 8.51. The summed E-state index contributed by atoms with van der Waals surface area (Å²) >= 11 is 6.79. The van der Waals surface area contributed by atoms with Crippen molar-refractivity contribution in [2.24, 2.45) is 4.99 Å². The number of thiophene rings is 1. The van der Waals surface area contributed by atoms with Crippen molar-refractivity contribution in [3.8, 4) is 0 Å². The lowest BCUT2D eigenvalue weighted by Gasteiger charge is -2.12. The van der Waals surface area contributed by atoms with Crippen molar-refractivity contribution in [1.29, 1.82) is 0 Å². The third-order valence-electron chi connectivity index (χ3n) is 3.08. The SMILES string of the molecule is CN=C(NCCNS(=O)(=O)c1ccc(Cl)s1)NCCn1cccc1. The largest absolute Gasteiger partial charge is 0.355 e. The van der Waals surface area contributed by atoms with E-state index in [0.29, 0.717) is 23.4 Å². The Kier molecular flexibility index (Phi) is 7.10. The van der Waals surface area contributed by atoms with Gasteiger partial charge in [0.05, 0.1) is 4.34 Å². The molecule has 2 rings (SSSR count). The van der Waals surface area contributed by atoms with Gasteiger partial charge >= 0.3 is 0 Å². The summed E-state index contributed by atoms with van der Waals surface area (Å²) in [5.41, 5.74) is 0. The van der Waals surface area contributed by atoms with E-state index < -0.39 is 10.0 Å². The van der Waals surface area contributed by atoms with Crippen LogP contribution in [0.5, 0.6) is 0 Å². The van der Waals surface area contributed by atoms with E-state index in [4.69, 9.17) is 11.6 Å². The van der Waals surface area contributed by atoms with Crippen LogP contribution in [0, 0.1) is 0 Å². The van der Waals surface area contributed by atoms with Crippen LogP contribution in [0.4, 0.5) is 0 Å². The molecule has 0 saturated carbocycles. The maximum atomic E-state index is 12.0. The Morgan fingerprint density at radius 1 is 1.21 bits per heavy atom. The highest BCUT2D eigenvalue weighted by Gasteiger charge is 2.15. The van der Waals surface area contributed by atoms with Gasteiger partial charge in [-0.25, -0.2) is 13.1 Å². The van der Waals surface area contributed by atoms with Gasteiger partial charge in [-0.3, -0.25) is 4.99 Å². The molecule has 10 heteroatoms. The molecule has 24 heavy (non-hydrogen) atoms. The van der Waals surface area contributed by atoms with E-state index in [0.717, 1.165) is 17.9 Å². The average Bonchev–Trinajstić information content (AvgIpc) is 3.21. The van der Waals surface area contributed by atoms with Crippen molar-refractivity contribution in [3.05, 3.63) is 41.0 Å². The van der Waals surface area contributed by atoms with Crippen LogP contribution >= 0.6 is 22.9 Å². The van der Waals surface area contributed by atoms with E-state index in [1.807, 2.05) is 24.5 Å². The minimum absolute atomic E-state index is 0.210. The molecule has 0 amide bonds. The van der Waals surface area contributed by atoms with Crippen molar-refractivity contribution in [2.75, 3.05) is 26.7 Å². The molecule has 0 unspecified atom stereocenters. The molecule has 0 bridgehead atoms. The summed E-state index contributed by atoms with van der Waals surface area (Å²) < 4.78 is 29.3. The molecule has 2 aromatic heterocycles. The number of nitrogens with one attached hydrogen (secondary N) is 3. The Morgan fingerprint density at radius 3 is 2.54 bits per heavy atom. The fourth-order valence-corrected chi connectivity index (χ4v) is 4.48. The number of aliphatic imine (C=N–C) groups is 1. The van der Waals surface area contributed by atoms with Gasteiger partial charge in [-0.05, 0) is 24.3 Å². The quantitative estimate of drug-likeness (QED) is 0.361. The predicted octanol–water partition coefficient (Wildman–Crippen LogP) is 1.35. The van der Waals surface area contributed by atoms with Gasteiger partial charge in [0.1, 0.15) is 4.21 Å². The summed E-state index contributed by atoms with van der Waals surface area (Å²) in [6.07, 6.45) is 3.98. The first-order valence-corrected chi connectivity index (χ1v) is 9.99. The number of aromatic nitrogens is 1. The zero-order chi connectivity index (χ0) is 17.4. The molecule has 0 spiro atoms. The predicted molar refractivity (Wildman–Crippen MR) is 98.3 cm³/mol. The maximum absolute atomic E-state index is 12.0. The zero-order valence-corrected chi connectivity index (χ0v) is 15.6. The Balaban J connectivity index is 1.68. The number of rotatable bonds is 8. The van der Waals surface area contributed by atoms with E-state index in [1.54, 1.807) is 13.1 Å². The Hall–Kier alpha value is -1.55. The Bertz CT molecular complexity index is 756. The highest BCUT2D eigenvalue weighted by atomic mass is 35.5. The summed E-state index contributed by atoms with van der Waals surface area (Å²) in [7, 11) is -1.84. The van der Waals surface area contributed by atoms with Gasteiger partial charge in [-0.2, -0.15) is 0 Å². The topological polar surface area (TPSA) is 87.5 Å². The van der Waals surface area contributed by atoms with Gasteiger partial charge in [-0.1, -0.05) is 11.6 Å². The molecule has 3 N–H and O–H groups in total. The molecular formula is C14H20ClN5O2S2. The highest BCUT2D eigenvalue weighted by molar-refractivity contribution is 7.91. The van der Waals surface area contributed by atoms with E-state index in [9.17, 15) is 8.42 Å². The smallest absolute Gasteiger partial charge is 0.250 e. The van der Waals surface area contributed by atoms with Crippen LogP contribution < -0.4 is 15.4 Å². The summed E-state index contributed by atoms with van der Waals surface area (Å²) in [5, 5.41) is 6.22. The fourth-order valence-electron chi connectivity index (χ4n) is 1.92. The third-order valence-corrected chi connectivity index (χ3v) is 6.26. The Morgan fingerprint density at radius 2 is 1.92 bits per heavy atom. The highest BCUT2D eigenvalue weighted by Crippen LogP contribution is 2.24. The standard InChI is InChI=1S/C14H20ClN5O2S2/c1-16-14(18-8-11-20-9-2-3-10-20)17-6-7-19-24(21,22)13-5-4-12(15)23-13/h2-5,9-10,19H,6-8,11H2,1H3,(H2,16,17,18). The fraction of sp³-hybridized carbons (Fsp3) is 0.357. The van der Waals surface area contributed by atoms with Crippen LogP contribution in [0.1, 0.15) is 0 Å². The maximum Gasteiger partial charge on any atom is 0.250 e. The minimum atomic E-state index is -3.51. The van der Waals surface area contributed by atoms with E-state index in [-0.39, 0.29) is 10.8 Å². The van der Waals surface area contributed by atoms with Crippen molar-refractivity contribution >= 4 is 38.9 Å². The second-order valence-electron chi connectivity index (χ2n) is 4.80. The van der Waals surface area contributed by atoms with Gasteiger partial charge in [0.15, 0.2) is 5.96 Å². The monoisotopic (exact) mass is 389 g/mol. The molecule has 0 aromatic carbocycles. The summed E-state index contributed by atoms with van der Waals surface area (Å²) in [6.45, 7) is 2.20. The van der Waals surface area contributed by atoms with Crippen molar-refractivity contribution in [1.82, 2.24) is 19.9 Å². The van der Waals surface area contributed by atoms with Gasteiger partial charge in [-0.15, -0.1) is 11.3 Å². The first-order valence-electron chi connectivity index (χ1n) is 7.31.